The van der Waals surface area contributed by atoms with Crippen molar-refractivity contribution in [2.75, 3.05) is 32.1 Å². The monoisotopic (exact) mass is 300 g/mol. The van der Waals surface area contributed by atoms with Gasteiger partial charge in [0.05, 0.1) is 0 Å². The topological polar surface area (TPSA) is 65.5 Å². The summed E-state index contributed by atoms with van der Waals surface area (Å²) in [6.45, 7) is 1.73. The zero-order valence-electron chi connectivity index (χ0n) is 12.7. The number of rotatable bonds is 10. The van der Waals surface area contributed by atoms with Crippen LogP contribution in [0.15, 0.2) is 4.99 Å². The lowest BCUT2D eigenvalue weighted by molar-refractivity contribution is -0.121. The Balaban J connectivity index is 1.95. The Labute approximate surface area is 126 Å². The zero-order chi connectivity index (χ0) is 14.6. The number of guanidine groups is 1. The van der Waals surface area contributed by atoms with E-state index in [4.69, 9.17) is 0 Å². The Bertz CT molecular complexity index is 306. The quantitative estimate of drug-likeness (QED) is 0.324. The number of hydrogen-bond acceptors (Lipinski definition) is 3. The fourth-order valence-corrected chi connectivity index (χ4v) is 2.27. The molecule has 1 rings (SSSR count). The summed E-state index contributed by atoms with van der Waals surface area (Å²) in [5.74, 6) is 2.22. The standard InChI is InChI=1S/C14H28N4OS/c1-15-14(16-9-3-4-11-20-2)17-10-5-6-13(19)18-12-7-8-12/h12H,3-11H2,1-2H3,(H,18,19)(H2,15,16,17). The largest absolute Gasteiger partial charge is 0.356 e. The second kappa shape index (κ2) is 10.8. The molecule has 0 aromatic rings. The highest BCUT2D eigenvalue weighted by Gasteiger charge is 2.22. The second-order valence-electron chi connectivity index (χ2n) is 5.07. The molecule has 0 heterocycles. The molecule has 0 bridgehead atoms. The smallest absolute Gasteiger partial charge is 0.220 e. The molecule has 5 nitrogen and oxygen atoms in total. The third-order valence-corrected chi connectivity index (χ3v) is 3.80. The summed E-state index contributed by atoms with van der Waals surface area (Å²) < 4.78 is 0. The number of carbonyl (C=O) groups excluding carboxylic acids is 1. The van der Waals surface area contributed by atoms with Gasteiger partial charge in [-0.2, -0.15) is 11.8 Å². The molecular weight excluding hydrogens is 272 g/mol. The summed E-state index contributed by atoms with van der Waals surface area (Å²) in [6.07, 6.45) is 8.25. The Morgan fingerprint density at radius 1 is 1.20 bits per heavy atom. The van der Waals surface area contributed by atoms with Gasteiger partial charge in [-0.1, -0.05) is 0 Å². The van der Waals surface area contributed by atoms with E-state index in [9.17, 15) is 4.79 Å². The molecule has 1 aliphatic rings. The average Bonchev–Trinajstić information content (AvgIpc) is 3.24. The first-order valence-electron chi connectivity index (χ1n) is 7.49. The van der Waals surface area contributed by atoms with Gasteiger partial charge in [0, 0.05) is 32.6 Å². The lowest BCUT2D eigenvalue weighted by atomic mass is 10.3. The first-order valence-corrected chi connectivity index (χ1v) is 8.88. The van der Waals surface area contributed by atoms with Gasteiger partial charge in [0.25, 0.3) is 0 Å². The van der Waals surface area contributed by atoms with Gasteiger partial charge >= 0.3 is 0 Å². The van der Waals surface area contributed by atoms with Crippen LogP contribution in [-0.4, -0.2) is 50.1 Å². The summed E-state index contributed by atoms with van der Waals surface area (Å²) >= 11 is 1.88. The summed E-state index contributed by atoms with van der Waals surface area (Å²) in [5, 5.41) is 9.52. The van der Waals surface area contributed by atoms with Crippen LogP contribution in [0.4, 0.5) is 0 Å². The molecule has 1 saturated carbocycles. The SMILES string of the molecule is CN=C(NCCCCSC)NCCCC(=O)NC1CC1. The number of thioether (sulfide) groups is 1. The molecule has 0 spiro atoms. The predicted octanol–water partition coefficient (Wildman–Crippen LogP) is 1.35. The van der Waals surface area contributed by atoms with E-state index in [0.717, 1.165) is 44.7 Å². The van der Waals surface area contributed by atoms with Crippen molar-refractivity contribution in [2.24, 2.45) is 4.99 Å². The fraction of sp³-hybridized carbons (Fsp3) is 0.857. The van der Waals surface area contributed by atoms with E-state index in [0.29, 0.717) is 12.5 Å². The Kier molecular flexibility index (Phi) is 9.28. The Morgan fingerprint density at radius 2 is 1.90 bits per heavy atom. The molecule has 1 fully saturated rings. The van der Waals surface area contributed by atoms with E-state index >= 15 is 0 Å². The summed E-state index contributed by atoms with van der Waals surface area (Å²) in [6, 6.07) is 0.464. The molecule has 3 N–H and O–H groups in total. The maximum absolute atomic E-state index is 11.5. The van der Waals surface area contributed by atoms with Crippen LogP contribution in [0, 0.1) is 0 Å². The zero-order valence-corrected chi connectivity index (χ0v) is 13.5. The second-order valence-corrected chi connectivity index (χ2v) is 6.06. The van der Waals surface area contributed by atoms with Crippen LogP contribution in [0.25, 0.3) is 0 Å². The molecule has 0 saturated heterocycles. The van der Waals surface area contributed by atoms with Crippen LogP contribution < -0.4 is 16.0 Å². The summed E-state index contributed by atoms with van der Waals surface area (Å²) in [7, 11) is 1.77. The molecule has 1 amide bonds. The number of unbranched alkanes of at least 4 members (excludes halogenated alkanes) is 1. The molecule has 0 unspecified atom stereocenters. The number of aliphatic imine (C=N–C) groups is 1. The maximum Gasteiger partial charge on any atom is 0.220 e. The van der Waals surface area contributed by atoms with E-state index in [-0.39, 0.29) is 5.91 Å². The van der Waals surface area contributed by atoms with Gasteiger partial charge in [0.2, 0.25) is 5.91 Å². The van der Waals surface area contributed by atoms with E-state index in [1.54, 1.807) is 7.05 Å². The van der Waals surface area contributed by atoms with Crippen molar-refractivity contribution in [3.63, 3.8) is 0 Å². The van der Waals surface area contributed by atoms with Crippen molar-refractivity contribution in [1.29, 1.82) is 0 Å². The predicted molar refractivity (Wildman–Crippen MR) is 87.4 cm³/mol. The Hall–Kier alpha value is -0.910. The first kappa shape index (κ1) is 17.1. The van der Waals surface area contributed by atoms with Gasteiger partial charge in [-0.05, 0) is 44.1 Å². The molecule has 20 heavy (non-hydrogen) atoms. The van der Waals surface area contributed by atoms with Gasteiger partial charge in [-0.25, -0.2) is 0 Å². The van der Waals surface area contributed by atoms with Crippen LogP contribution >= 0.6 is 11.8 Å². The van der Waals surface area contributed by atoms with Crippen molar-refractivity contribution in [2.45, 2.75) is 44.6 Å². The third-order valence-electron chi connectivity index (χ3n) is 3.11. The van der Waals surface area contributed by atoms with E-state index < -0.39 is 0 Å². The molecule has 116 valence electrons. The summed E-state index contributed by atoms with van der Waals surface area (Å²) in [4.78, 5) is 15.7. The highest BCUT2D eigenvalue weighted by molar-refractivity contribution is 7.98. The number of amides is 1. The van der Waals surface area contributed by atoms with Crippen LogP contribution in [0.2, 0.25) is 0 Å². The van der Waals surface area contributed by atoms with Gasteiger partial charge in [0.15, 0.2) is 5.96 Å². The Morgan fingerprint density at radius 3 is 2.50 bits per heavy atom. The molecule has 1 aliphatic carbocycles. The lowest BCUT2D eigenvalue weighted by Gasteiger charge is -2.11. The van der Waals surface area contributed by atoms with Crippen molar-refractivity contribution in [3.05, 3.63) is 0 Å². The molecule has 0 atom stereocenters. The minimum Gasteiger partial charge on any atom is -0.356 e. The normalized spacial score (nSPS) is 15.0. The fourth-order valence-electron chi connectivity index (χ4n) is 1.78. The molecule has 0 aliphatic heterocycles. The summed E-state index contributed by atoms with van der Waals surface area (Å²) in [5.41, 5.74) is 0. The van der Waals surface area contributed by atoms with E-state index in [1.165, 1.54) is 12.2 Å². The van der Waals surface area contributed by atoms with Gasteiger partial charge < -0.3 is 16.0 Å². The van der Waals surface area contributed by atoms with E-state index in [2.05, 4.69) is 27.2 Å². The number of hydrogen-bond donors (Lipinski definition) is 3. The molecule has 6 heteroatoms. The lowest BCUT2D eigenvalue weighted by Crippen LogP contribution is -2.38. The molecule has 0 aromatic heterocycles. The number of nitrogens with one attached hydrogen (secondary N) is 3. The van der Waals surface area contributed by atoms with Crippen LogP contribution in [-0.2, 0) is 4.79 Å². The molecular formula is C14H28N4OS. The van der Waals surface area contributed by atoms with Gasteiger partial charge in [0.1, 0.15) is 0 Å². The number of nitrogens with zero attached hydrogens (tertiary/aromatic N) is 1. The van der Waals surface area contributed by atoms with Crippen molar-refractivity contribution in [1.82, 2.24) is 16.0 Å². The number of carbonyl (C=O) groups is 1. The maximum atomic E-state index is 11.5. The van der Waals surface area contributed by atoms with Crippen LogP contribution in [0.5, 0.6) is 0 Å². The minimum absolute atomic E-state index is 0.175. The van der Waals surface area contributed by atoms with E-state index in [1.807, 2.05) is 11.8 Å². The molecule has 0 aromatic carbocycles. The average molecular weight is 300 g/mol. The highest BCUT2D eigenvalue weighted by Crippen LogP contribution is 2.18. The minimum atomic E-state index is 0.175. The van der Waals surface area contributed by atoms with Gasteiger partial charge in [-0.3, -0.25) is 9.79 Å². The highest BCUT2D eigenvalue weighted by atomic mass is 32.2. The van der Waals surface area contributed by atoms with Crippen LogP contribution in [0.1, 0.15) is 38.5 Å². The van der Waals surface area contributed by atoms with Crippen molar-refractivity contribution < 1.29 is 4.79 Å². The molecule has 0 radical (unpaired) electrons. The van der Waals surface area contributed by atoms with Gasteiger partial charge in [-0.15, -0.1) is 0 Å². The van der Waals surface area contributed by atoms with Crippen molar-refractivity contribution >= 4 is 23.6 Å². The first-order chi connectivity index (χ1) is 9.76. The van der Waals surface area contributed by atoms with Crippen molar-refractivity contribution in [3.8, 4) is 0 Å². The third kappa shape index (κ3) is 9.07. The van der Waals surface area contributed by atoms with Crippen LogP contribution in [0.3, 0.4) is 0 Å².